The number of hydrogen-bond acceptors (Lipinski definition) is 3. The van der Waals surface area contributed by atoms with Crippen LogP contribution >= 0.6 is 0 Å². The van der Waals surface area contributed by atoms with Gasteiger partial charge in [0.05, 0.1) is 33.4 Å². The highest BCUT2D eigenvalue weighted by molar-refractivity contribution is 6.12. The van der Waals surface area contributed by atoms with Gasteiger partial charge in [-0.1, -0.05) is 0 Å². The highest BCUT2D eigenvalue weighted by atomic mass is 19.4. The van der Waals surface area contributed by atoms with Crippen LogP contribution in [-0.4, -0.2) is 0 Å². The molecule has 3 aromatic carbocycles. The van der Waals surface area contributed by atoms with Gasteiger partial charge in [0.15, 0.2) is 69.8 Å². The Hall–Kier alpha value is -5.77. The van der Waals surface area contributed by atoms with Crippen LogP contribution in [0.5, 0.6) is 0 Å². The van der Waals surface area contributed by atoms with Gasteiger partial charge >= 0.3 is 6.18 Å². The Morgan fingerprint density at radius 2 is 0.625 bits per heavy atom. The third-order valence-corrected chi connectivity index (χ3v) is 6.76. The van der Waals surface area contributed by atoms with Gasteiger partial charge < -0.3 is 0 Å². The van der Waals surface area contributed by atoms with Gasteiger partial charge in [-0.15, -0.1) is 0 Å². The van der Waals surface area contributed by atoms with Crippen LogP contribution in [0.25, 0.3) is 16.7 Å². The van der Waals surface area contributed by atoms with Crippen LogP contribution in [0.2, 0.25) is 0 Å². The molecule has 246 valence electrons. The molecule has 4 rings (SSSR count). The van der Waals surface area contributed by atoms with Gasteiger partial charge in [-0.2, -0.15) is 29.0 Å². The summed E-state index contributed by atoms with van der Waals surface area (Å²) in [5.74, 6) is -35.7. The summed E-state index contributed by atoms with van der Waals surface area (Å²) < 4.78 is 228. The van der Waals surface area contributed by atoms with Gasteiger partial charge in [0.1, 0.15) is 23.8 Å². The first kappa shape index (κ1) is 35.1. The molecular formula is C29H3F16N3. The summed E-state index contributed by atoms with van der Waals surface area (Å²) >= 11 is 0. The lowest BCUT2D eigenvalue weighted by Gasteiger charge is -2.13. The van der Waals surface area contributed by atoms with Crippen molar-refractivity contribution in [1.29, 1.82) is 15.8 Å². The molecule has 0 spiro atoms. The first-order valence-electron chi connectivity index (χ1n) is 11.9. The SMILES string of the molecule is Cc1c(F)c(F)c(/C(C#N)=C2/C(=C(/C#N)c3c(F)c(F)c(F)c(F)c3F)/C2=C(/C#N)c2c(F)c(F)c(C(F)(F)F)c(F)c2F)c(F)c1F. The highest BCUT2D eigenvalue weighted by Gasteiger charge is 2.48. The Morgan fingerprint density at radius 3 is 0.875 bits per heavy atom. The van der Waals surface area contributed by atoms with E-state index in [0.717, 1.165) is 18.2 Å². The second-order valence-corrected chi connectivity index (χ2v) is 9.29. The molecule has 1 saturated carbocycles. The molecule has 0 atom stereocenters. The third kappa shape index (κ3) is 4.92. The van der Waals surface area contributed by atoms with E-state index < -0.39 is 143 Å². The van der Waals surface area contributed by atoms with Gasteiger partial charge in [0, 0.05) is 22.3 Å². The maximum Gasteiger partial charge on any atom is 0.422 e. The number of alkyl halides is 3. The maximum absolute atomic E-state index is 15.0. The minimum atomic E-state index is -6.13. The lowest BCUT2D eigenvalue weighted by molar-refractivity contribution is -0.143. The fraction of sp³-hybridized carbons (Fsp3) is 0.0690. The molecule has 0 aliphatic heterocycles. The smallest absolute Gasteiger partial charge is 0.203 e. The number of halogens is 16. The Kier molecular flexibility index (Phi) is 8.62. The van der Waals surface area contributed by atoms with E-state index in [1.165, 1.54) is 0 Å². The van der Waals surface area contributed by atoms with Crippen molar-refractivity contribution in [2.24, 2.45) is 0 Å². The van der Waals surface area contributed by atoms with Crippen LogP contribution in [-0.2, 0) is 6.18 Å². The molecule has 19 heteroatoms. The molecule has 0 N–H and O–H groups in total. The fourth-order valence-electron chi connectivity index (χ4n) is 4.53. The minimum absolute atomic E-state index is 0.484. The molecule has 48 heavy (non-hydrogen) atoms. The highest BCUT2D eigenvalue weighted by Crippen LogP contribution is 2.57. The predicted octanol–water partition coefficient (Wildman–Crippen LogP) is 9.07. The van der Waals surface area contributed by atoms with Gasteiger partial charge in [0.25, 0.3) is 0 Å². The Balaban J connectivity index is 2.36. The van der Waals surface area contributed by atoms with Crippen molar-refractivity contribution in [2.45, 2.75) is 13.1 Å². The van der Waals surface area contributed by atoms with Gasteiger partial charge in [-0.3, -0.25) is 0 Å². The van der Waals surface area contributed by atoms with E-state index >= 15 is 0 Å². The lowest BCUT2D eigenvalue weighted by Crippen LogP contribution is -2.17. The van der Waals surface area contributed by atoms with Crippen molar-refractivity contribution >= 4 is 16.7 Å². The largest absolute Gasteiger partial charge is 0.422 e. The first-order chi connectivity index (χ1) is 22.2. The average molecular weight is 697 g/mol. The van der Waals surface area contributed by atoms with E-state index in [1.54, 1.807) is 0 Å². The monoisotopic (exact) mass is 697 g/mol. The van der Waals surface area contributed by atoms with Gasteiger partial charge in [-0.25, -0.2) is 57.1 Å². The molecule has 0 amide bonds. The molecule has 1 fully saturated rings. The number of nitrogens with zero attached hydrogens (tertiary/aromatic N) is 3. The number of nitriles is 3. The summed E-state index contributed by atoms with van der Waals surface area (Å²) in [4.78, 5) is 0. The van der Waals surface area contributed by atoms with Crippen LogP contribution in [0.1, 0.15) is 27.8 Å². The molecule has 3 aromatic rings. The van der Waals surface area contributed by atoms with Crippen LogP contribution in [0, 0.1) is 117 Å². The molecule has 0 radical (unpaired) electrons. The summed E-state index contributed by atoms with van der Waals surface area (Å²) in [6, 6.07) is 2.52. The molecule has 0 bridgehead atoms. The van der Waals surface area contributed by atoms with E-state index in [0.29, 0.717) is 6.92 Å². The Labute approximate surface area is 254 Å². The Bertz CT molecular complexity index is 2050. The molecule has 0 heterocycles. The number of hydrogen-bond donors (Lipinski definition) is 0. The van der Waals surface area contributed by atoms with Crippen LogP contribution in [0.3, 0.4) is 0 Å². The van der Waals surface area contributed by atoms with Crippen molar-refractivity contribution < 1.29 is 70.2 Å². The second kappa shape index (κ2) is 11.8. The zero-order valence-corrected chi connectivity index (χ0v) is 22.4. The standard InChI is InChI=1S/C29H3F16N3/c1-5-16(30)18(32)12(19(33)17(5)31)6(2-46)9-10(11(9)8(4-48)14-22(36)26(40)28(42)27(41)23(14)37)7(3-47)13-20(34)24(38)15(29(43,44)45)25(39)21(13)35/h1H3/b9-6+,10-7-,11-8+. The van der Waals surface area contributed by atoms with Crippen molar-refractivity contribution in [2.75, 3.05) is 0 Å². The molecule has 0 saturated heterocycles. The summed E-state index contributed by atoms with van der Waals surface area (Å²) in [5, 5.41) is 29.1. The molecule has 1 aliphatic carbocycles. The van der Waals surface area contributed by atoms with Crippen molar-refractivity contribution in [3.8, 4) is 18.2 Å². The van der Waals surface area contributed by atoms with E-state index in [1.807, 2.05) is 0 Å². The zero-order chi connectivity index (χ0) is 36.5. The Morgan fingerprint density at radius 1 is 0.396 bits per heavy atom. The van der Waals surface area contributed by atoms with Crippen molar-refractivity contribution in [3.05, 3.63) is 120 Å². The van der Waals surface area contributed by atoms with E-state index in [2.05, 4.69) is 0 Å². The van der Waals surface area contributed by atoms with Crippen LogP contribution in [0.15, 0.2) is 16.7 Å². The van der Waals surface area contributed by atoms with E-state index in [-0.39, 0.29) is 0 Å². The minimum Gasteiger partial charge on any atom is -0.203 e. The number of allylic oxidation sites excluding steroid dienone is 6. The van der Waals surface area contributed by atoms with Crippen molar-refractivity contribution in [3.63, 3.8) is 0 Å². The van der Waals surface area contributed by atoms with Crippen LogP contribution in [0.4, 0.5) is 70.2 Å². The number of benzene rings is 3. The molecule has 1 aliphatic rings. The van der Waals surface area contributed by atoms with Gasteiger partial charge in [0.2, 0.25) is 5.82 Å². The molecule has 3 nitrogen and oxygen atoms in total. The summed E-state index contributed by atoms with van der Waals surface area (Å²) in [7, 11) is 0. The third-order valence-electron chi connectivity index (χ3n) is 6.76. The topological polar surface area (TPSA) is 71.4 Å². The molecule has 0 aromatic heterocycles. The summed E-state index contributed by atoms with van der Waals surface area (Å²) in [5.41, 5.74) is -21.7. The normalized spacial score (nSPS) is 15.9. The maximum atomic E-state index is 15.0. The van der Waals surface area contributed by atoms with E-state index in [9.17, 15) is 86.0 Å². The molecular weight excluding hydrogens is 694 g/mol. The quantitative estimate of drug-likeness (QED) is 0.119. The molecule has 0 unspecified atom stereocenters. The fourth-order valence-corrected chi connectivity index (χ4v) is 4.53. The summed E-state index contributed by atoms with van der Waals surface area (Å²) in [6.07, 6.45) is -6.13. The number of rotatable bonds is 3. The predicted molar refractivity (Wildman–Crippen MR) is 126 cm³/mol. The van der Waals surface area contributed by atoms with Crippen molar-refractivity contribution in [1.82, 2.24) is 0 Å². The zero-order valence-electron chi connectivity index (χ0n) is 22.4. The first-order valence-corrected chi connectivity index (χ1v) is 11.9. The summed E-state index contributed by atoms with van der Waals surface area (Å²) in [6.45, 7) is 0.484. The lowest BCUT2D eigenvalue weighted by atomic mass is 9.98. The second-order valence-electron chi connectivity index (χ2n) is 9.29. The van der Waals surface area contributed by atoms with Crippen LogP contribution < -0.4 is 0 Å². The van der Waals surface area contributed by atoms with E-state index in [4.69, 9.17) is 0 Å². The van der Waals surface area contributed by atoms with Gasteiger partial charge in [-0.05, 0) is 6.92 Å². The average Bonchev–Trinajstić information content (AvgIpc) is 3.75.